The fourth-order valence-electron chi connectivity index (χ4n) is 6.40. The molecule has 5 rings (SSSR count). The Bertz CT molecular complexity index is 1120. The third-order valence-corrected chi connectivity index (χ3v) is 8.39. The van der Waals surface area contributed by atoms with E-state index in [0.29, 0.717) is 27.5 Å². The lowest BCUT2D eigenvalue weighted by Gasteiger charge is -2.53. The van der Waals surface area contributed by atoms with E-state index in [1.807, 2.05) is 45.3 Å². The molecule has 0 radical (unpaired) electrons. The summed E-state index contributed by atoms with van der Waals surface area (Å²) in [5.41, 5.74) is 8.32. The van der Waals surface area contributed by atoms with Crippen molar-refractivity contribution in [3.8, 4) is 5.75 Å². The summed E-state index contributed by atoms with van der Waals surface area (Å²) in [5.74, 6) is 1.48. The highest BCUT2D eigenvalue weighted by atomic mass is 19.1. The van der Waals surface area contributed by atoms with Gasteiger partial charge in [-0.3, -0.25) is 0 Å². The van der Waals surface area contributed by atoms with Crippen LogP contribution in [0.15, 0.2) is 36.9 Å². The van der Waals surface area contributed by atoms with Crippen molar-refractivity contribution in [2.24, 2.45) is 0 Å². The number of likely N-dealkylation sites (tertiary alicyclic amines) is 2. The first-order chi connectivity index (χ1) is 17.8. The van der Waals surface area contributed by atoms with Crippen LogP contribution in [0.5, 0.6) is 5.75 Å². The van der Waals surface area contributed by atoms with Crippen molar-refractivity contribution in [2.75, 3.05) is 38.5 Å². The van der Waals surface area contributed by atoms with Gasteiger partial charge < -0.3 is 26.0 Å². The summed E-state index contributed by atoms with van der Waals surface area (Å²) >= 11 is 0. The van der Waals surface area contributed by atoms with Crippen molar-refractivity contribution in [3.05, 3.63) is 53.9 Å². The number of benzene rings is 1. The number of nitrogens with one attached hydrogen (secondary N) is 2. The number of piperidine rings is 1. The Kier molecular flexibility index (Phi) is 7.27. The van der Waals surface area contributed by atoms with Crippen molar-refractivity contribution in [1.82, 2.24) is 30.0 Å². The lowest BCUT2D eigenvalue weighted by molar-refractivity contribution is 0.0190. The van der Waals surface area contributed by atoms with E-state index in [-0.39, 0.29) is 11.9 Å². The minimum atomic E-state index is -0.484. The number of aromatic nitrogens is 2. The minimum absolute atomic E-state index is 0.0602. The first-order valence-corrected chi connectivity index (χ1v) is 13.7. The maximum absolute atomic E-state index is 14.0. The van der Waals surface area contributed by atoms with Crippen LogP contribution in [0.1, 0.15) is 63.0 Å². The molecule has 3 aliphatic heterocycles. The zero-order valence-corrected chi connectivity index (χ0v) is 22.3. The fraction of sp³-hybridized carbons (Fsp3) is 0.571. The largest absolute Gasteiger partial charge is 0.481 e. The molecule has 4 heterocycles. The first kappa shape index (κ1) is 25.7. The summed E-state index contributed by atoms with van der Waals surface area (Å²) in [7, 11) is 0. The van der Waals surface area contributed by atoms with Crippen molar-refractivity contribution >= 4 is 11.6 Å². The van der Waals surface area contributed by atoms with E-state index < -0.39 is 5.79 Å². The highest BCUT2D eigenvalue weighted by Gasteiger charge is 2.57. The van der Waals surface area contributed by atoms with Crippen LogP contribution in [0.25, 0.3) is 0 Å². The first-order valence-electron chi connectivity index (χ1n) is 13.7. The molecule has 4 N–H and O–H groups in total. The van der Waals surface area contributed by atoms with E-state index >= 15 is 0 Å². The Morgan fingerprint density at radius 2 is 1.86 bits per heavy atom. The number of hydrogen-bond donors (Lipinski definition) is 3. The minimum Gasteiger partial charge on any atom is -0.481 e. The Morgan fingerprint density at radius 1 is 1.16 bits per heavy atom. The molecular formula is C28H41FN7O+. The lowest BCUT2D eigenvalue weighted by Crippen LogP contribution is -2.77. The topological polar surface area (TPSA) is 88.3 Å². The second-order valence-corrected chi connectivity index (χ2v) is 11.1. The zero-order valence-electron chi connectivity index (χ0n) is 22.3. The van der Waals surface area contributed by atoms with Crippen LogP contribution >= 0.6 is 0 Å². The number of quaternary nitrogens is 1. The molecule has 2 aromatic rings. The quantitative estimate of drug-likeness (QED) is 0.463. The number of anilines is 1. The van der Waals surface area contributed by atoms with Gasteiger partial charge in [-0.25, -0.2) is 13.9 Å². The average molecular weight is 511 g/mol. The van der Waals surface area contributed by atoms with Crippen molar-refractivity contribution in [3.63, 3.8) is 0 Å². The van der Waals surface area contributed by atoms with Gasteiger partial charge in [-0.05, 0) is 69.8 Å². The molecule has 8 nitrogen and oxygen atoms in total. The van der Waals surface area contributed by atoms with E-state index in [9.17, 15) is 4.39 Å². The van der Waals surface area contributed by atoms with Gasteiger partial charge in [0.25, 0.3) is 11.6 Å². The van der Waals surface area contributed by atoms with Gasteiger partial charge >= 0.3 is 0 Å². The Hall–Kier alpha value is -2.91. The predicted molar refractivity (Wildman–Crippen MR) is 145 cm³/mol. The van der Waals surface area contributed by atoms with Gasteiger partial charge in [-0.2, -0.15) is 4.98 Å². The van der Waals surface area contributed by atoms with Gasteiger partial charge in [-0.15, -0.1) is 0 Å². The molecule has 0 spiro atoms. The molecule has 1 aromatic carbocycles. The van der Waals surface area contributed by atoms with Crippen LogP contribution in [-0.2, 0) is 0 Å². The SMILES string of the molecule is Cc1cc(C2CC[N+](c3ncnc(N)c3OC(C)C)(C3(CCN4CCCC4)NC=CN3)CC2)ccc1F. The van der Waals surface area contributed by atoms with Crippen molar-refractivity contribution in [1.29, 1.82) is 0 Å². The lowest BCUT2D eigenvalue weighted by atomic mass is 9.86. The van der Waals surface area contributed by atoms with Crippen LogP contribution in [0, 0.1) is 12.7 Å². The third kappa shape index (κ3) is 4.86. The van der Waals surface area contributed by atoms with Gasteiger partial charge in [-0.1, -0.05) is 12.1 Å². The summed E-state index contributed by atoms with van der Waals surface area (Å²) in [6.07, 6.45) is 10.8. The maximum Gasteiger partial charge on any atom is 0.279 e. The van der Waals surface area contributed by atoms with E-state index in [0.717, 1.165) is 57.8 Å². The molecule has 0 bridgehead atoms. The smallest absolute Gasteiger partial charge is 0.279 e. The molecule has 2 fully saturated rings. The third-order valence-electron chi connectivity index (χ3n) is 8.39. The van der Waals surface area contributed by atoms with Crippen LogP contribution in [-0.4, -0.2) is 59.5 Å². The monoisotopic (exact) mass is 510 g/mol. The van der Waals surface area contributed by atoms with Crippen LogP contribution in [0.2, 0.25) is 0 Å². The molecular weight excluding hydrogens is 469 g/mol. The Morgan fingerprint density at radius 3 is 2.51 bits per heavy atom. The maximum atomic E-state index is 14.0. The molecule has 9 heteroatoms. The second kappa shape index (κ2) is 10.5. The zero-order chi connectivity index (χ0) is 26.0. The average Bonchev–Trinajstić information content (AvgIpc) is 3.59. The number of halogens is 1. The molecule has 0 amide bonds. The van der Waals surface area contributed by atoms with E-state index in [1.165, 1.54) is 18.4 Å². The molecule has 2 saturated heterocycles. The molecule has 0 unspecified atom stereocenters. The van der Waals surface area contributed by atoms with Gasteiger partial charge in [0, 0.05) is 31.8 Å². The highest BCUT2D eigenvalue weighted by Crippen LogP contribution is 2.46. The van der Waals surface area contributed by atoms with E-state index in [1.54, 1.807) is 12.4 Å². The van der Waals surface area contributed by atoms with E-state index in [2.05, 4.69) is 20.5 Å². The van der Waals surface area contributed by atoms with Crippen LogP contribution < -0.4 is 25.6 Å². The summed E-state index contributed by atoms with van der Waals surface area (Å²) in [5, 5.41) is 7.44. The molecule has 0 saturated carbocycles. The number of nitrogens with zero attached hydrogens (tertiary/aromatic N) is 4. The molecule has 0 atom stereocenters. The second-order valence-electron chi connectivity index (χ2n) is 11.1. The fourth-order valence-corrected chi connectivity index (χ4v) is 6.40. The van der Waals surface area contributed by atoms with Gasteiger partial charge in [0.05, 0.1) is 25.6 Å². The van der Waals surface area contributed by atoms with Crippen LogP contribution in [0.4, 0.5) is 16.0 Å². The molecule has 200 valence electrons. The number of aryl methyl sites for hydroxylation is 1. The number of ether oxygens (including phenoxy) is 1. The molecule has 0 aliphatic carbocycles. The summed E-state index contributed by atoms with van der Waals surface area (Å²) in [6, 6.07) is 5.55. The number of rotatable bonds is 8. The predicted octanol–water partition coefficient (Wildman–Crippen LogP) is 3.98. The van der Waals surface area contributed by atoms with Crippen molar-refractivity contribution < 1.29 is 9.13 Å². The number of hydrogen-bond acceptors (Lipinski definition) is 7. The summed E-state index contributed by atoms with van der Waals surface area (Å²) in [4.78, 5) is 11.7. The standard InChI is InChI=1S/C28H41FN7O/c1-20(2)37-25-26(30)31-19-32-27(25)36(28(33-11-12-34-28)10-15-35-13-4-5-14-35)16-8-22(9-17-36)23-6-7-24(29)21(3)18-23/h6-7,11-12,18-20,22,33-34H,4-5,8-10,13-17H2,1-3H3,(H2,30,31,32)/q+1. The summed E-state index contributed by atoms with van der Waals surface area (Å²) < 4.78 is 20.8. The molecule has 3 aliphatic rings. The molecule has 37 heavy (non-hydrogen) atoms. The number of nitrogens with two attached hydrogens (primary N) is 1. The normalized spacial score (nSPS) is 25.3. The molecule has 1 aromatic heterocycles. The highest BCUT2D eigenvalue weighted by molar-refractivity contribution is 5.62. The Balaban J connectivity index is 1.53. The summed E-state index contributed by atoms with van der Waals surface area (Å²) in [6.45, 7) is 10.8. The van der Waals surface area contributed by atoms with Gasteiger partial charge in [0.15, 0.2) is 5.82 Å². The van der Waals surface area contributed by atoms with E-state index in [4.69, 9.17) is 15.5 Å². The van der Waals surface area contributed by atoms with Crippen molar-refractivity contribution in [2.45, 2.75) is 70.7 Å². The number of nitrogen functional groups attached to an aromatic ring is 1. The van der Waals surface area contributed by atoms with Gasteiger partial charge in [0.2, 0.25) is 5.75 Å². The van der Waals surface area contributed by atoms with Gasteiger partial charge in [0.1, 0.15) is 12.1 Å². The Labute approximate surface area is 219 Å². The van der Waals surface area contributed by atoms with Crippen LogP contribution in [0.3, 0.4) is 0 Å².